The van der Waals surface area contributed by atoms with Crippen LogP contribution in [0.2, 0.25) is 0 Å². The summed E-state index contributed by atoms with van der Waals surface area (Å²) < 4.78 is 0. The summed E-state index contributed by atoms with van der Waals surface area (Å²) in [5.41, 5.74) is 0.760. The van der Waals surface area contributed by atoms with Gasteiger partial charge in [0, 0.05) is 24.5 Å². The van der Waals surface area contributed by atoms with Crippen LogP contribution >= 0.6 is 0 Å². The van der Waals surface area contributed by atoms with Gasteiger partial charge < -0.3 is 10.0 Å². The van der Waals surface area contributed by atoms with Crippen LogP contribution in [0.15, 0.2) is 24.4 Å². The highest BCUT2D eigenvalue weighted by molar-refractivity contribution is 5.78. The molecule has 1 amide bonds. The molecule has 0 saturated heterocycles. The Hall–Kier alpha value is -1.42. The van der Waals surface area contributed by atoms with Crippen molar-refractivity contribution >= 4 is 5.91 Å². The number of aromatic nitrogens is 1. The van der Waals surface area contributed by atoms with E-state index in [9.17, 15) is 4.79 Å². The summed E-state index contributed by atoms with van der Waals surface area (Å²) in [5.74, 6) is 0.00255. The Bertz CT molecular complexity index is 325. The molecule has 0 fully saturated rings. The van der Waals surface area contributed by atoms with Gasteiger partial charge in [0.1, 0.15) is 0 Å². The second-order valence-corrected chi connectivity index (χ2v) is 3.90. The first-order valence-electron chi connectivity index (χ1n) is 5.45. The number of aliphatic hydroxyl groups is 1. The molecule has 0 aliphatic rings. The van der Waals surface area contributed by atoms with Crippen LogP contribution in [0.25, 0.3) is 0 Å². The summed E-state index contributed by atoms with van der Waals surface area (Å²) in [6.45, 7) is 4.24. The molecule has 1 rings (SSSR count). The van der Waals surface area contributed by atoms with Crippen molar-refractivity contribution in [2.75, 3.05) is 13.2 Å². The number of hydrogen-bond acceptors (Lipinski definition) is 3. The van der Waals surface area contributed by atoms with Gasteiger partial charge in [0.2, 0.25) is 5.91 Å². The van der Waals surface area contributed by atoms with Crippen molar-refractivity contribution in [1.29, 1.82) is 0 Å². The molecule has 0 spiro atoms. The van der Waals surface area contributed by atoms with Crippen LogP contribution in [0.5, 0.6) is 0 Å². The summed E-state index contributed by atoms with van der Waals surface area (Å²) in [7, 11) is 0. The van der Waals surface area contributed by atoms with E-state index in [-0.39, 0.29) is 18.6 Å². The van der Waals surface area contributed by atoms with Crippen LogP contribution in [-0.2, 0) is 11.2 Å². The third-order valence-electron chi connectivity index (χ3n) is 2.34. The maximum Gasteiger partial charge on any atom is 0.228 e. The Morgan fingerprint density at radius 2 is 2.25 bits per heavy atom. The fraction of sp³-hybridized carbons (Fsp3) is 0.500. The van der Waals surface area contributed by atoms with E-state index >= 15 is 0 Å². The van der Waals surface area contributed by atoms with Crippen LogP contribution in [0.1, 0.15) is 19.5 Å². The Morgan fingerprint density at radius 1 is 1.50 bits per heavy atom. The average Bonchev–Trinajstić information content (AvgIpc) is 2.26. The monoisotopic (exact) mass is 222 g/mol. The molecular weight excluding hydrogens is 204 g/mol. The van der Waals surface area contributed by atoms with Gasteiger partial charge in [-0.3, -0.25) is 9.78 Å². The van der Waals surface area contributed by atoms with E-state index in [0.717, 1.165) is 5.69 Å². The van der Waals surface area contributed by atoms with Crippen LogP contribution in [0, 0.1) is 0 Å². The molecule has 0 aliphatic carbocycles. The second-order valence-electron chi connectivity index (χ2n) is 3.90. The van der Waals surface area contributed by atoms with Crippen LogP contribution in [0.4, 0.5) is 0 Å². The Balaban J connectivity index is 2.62. The van der Waals surface area contributed by atoms with Gasteiger partial charge in [0.25, 0.3) is 0 Å². The minimum Gasteiger partial charge on any atom is -0.395 e. The minimum absolute atomic E-state index is 0.00255. The molecule has 4 heteroatoms. The smallest absolute Gasteiger partial charge is 0.228 e. The van der Waals surface area contributed by atoms with Crippen molar-refractivity contribution in [2.24, 2.45) is 0 Å². The molecule has 0 unspecified atom stereocenters. The first-order valence-corrected chi connectivity index (χ1v) is 5.45. The molecule has 0 aromatic carbocycles. The molecule has 4 nitrogen and oxygen atoms in total. The van der Waals surface area contributed by atoms with Gasteiger partial charge in [-0.05, 0) is 26.0 Å². The zero-order chi connectivity index (χ0) is 12.0. The highest BCUT2D eigenvalue weighted by Gasteiger charge is 2.16. The maximum absolute atomic E-state index is 11.9. The van der Waals surface area contributed by atoms with Gasteiger partial charge in [-0.15, -0.1) is 0 Å². The molecule has 16 heavy (non-hydrogen) atoms. The number of aliphatic hydroxyl groups excluding tert-OH is 1. The minimum atomic E-state index is -0.00780. The Kier molecular flexibility index (Phi) is 4.92. The SMILES string of the molecule is CC(C)N(CCO)C(=O)Cc1ccccn1. The second kappa shape index (κ2) is 6.23. The summed E-state index contributed by atoms with van der Waals surface area (Å²) in [6, 6.07) is 5.61. The van der Waals surface area contributed by atoms with Gasteiger partial charge >= 0.3 is 0 Å². The summed E-state index contributed by atoms with van der Waals surface area (Å²) in [4.78, 5) is 17.7. The third-order valence-corrected chi connectivity index (χ3v) is 2.34. The van der Waals surface area contributed by atoms with Gasteiger partial charge in [0.15, 0.2) is 0 Å². The molecule has 0 aliphatic heterocycles. The predicted octanol–water partition coefficient (Wildman–Crippen LogP) is 0.853. The van der Waals surface area contributed by atoms with Crippen molar-refractivity contribution in [3.8, 4) is 0 Å². The predicted molar refractivity (Wildman–Crippen MR) is 61.9 cm³/mol. The topological polar surface area (TPSA) is 53.4 Å². The lowest BCUT2D eigenvalue weighted by Gasteiger charge is -2.25. The zero-order valence-corrected chi connectivity index (χ0v) is 9.76. The average molecular weight is 222 g/mol. The number of rotatable bonds is 5. The van der Waals surface area contributed by atoms with Gasteiger partial charge in [0.05, 0.1) is 13.0 Å². The lowest BCUT2D eigenvalue weighted by atomic mass is 10.2. The fourth-order valence-corrected chi connectivity index (χ4v) is 1.54. The largest absolute Gasteiger partial charge is 0.395 e. The van der Waals surface area contributed by atoms with E-state index in [0.29, 0.717) is 13.0 Å². The van der Waals surface area contributed by atoms with Crippen molar-refractivity contribution in [3.05, 3.63) is 30.1 Å². The number of amides is 1. The van der Waals surface area contributed by atoms with E-state index in [1.165, 1.54) is 0 Å². The van der Waals surface area contributed by atoms with E-state index in [2.05, 4.69) is 4.98 Å². The van der Waals surface area contributed by atoms with Crippen molar-refractivity contribution in [2.45, 2.75) is 26.3 Å². The van der Waals surface area contributed by atoms with Crippen molar-refractivity contribution in [1.82, 2.24) is 9.88 Å². The maximum atomic E-state index is 11.9. The van der Waals surface area contributed by atoms with E-state index < -0.39 is 0 Å². The van der Waals surface area contributed by atoms with Gasteiger partial charge in [-0.1, -0.05) is 6.07 Å². The van der Waals surface area contributed by atoms with E-state index in [1.54, 1.807) is 11.1 Å². The van der Waals surface area contributed by atoms with Crippen LogP contribution in [0.3, 0.4) is 0 Å². The third kappa shape index (κ3) is 3.62. The molecular formula is C12H18N2O2. The van der Waals surface area contributed by atoms with Crippen molar-refractivity contribution in [3.63, 3.8) is 0 Å². The molecule has 0 radical (unpaired) electrons. The Labute approximate surface area is 95.9 Å². The first-order chi connectivity index (χ1) is 7.65. The molecule has 1 heterocycles. The molecule has 0 bridgehead atoms. The summed E-state index contributed by atoms with van der Waals surface area (Å²) in [5, 5.41) is 8.89. The highest BCUT2D eigenvalue weighted by atomic mass is 16.3. The quantitative estimate of drug-likeness (QED) is 0.803. The molecule has 0 atom stereocenters. The standard InChI is InChI=1S/C12H18N2O2/c1-10(2)14(7-8-15)12(16)9-11-5-3-4-6-13-11/h3-6,10,15H,7-9H2,1-2H3. The van der Waals surface area contributed by atoms with Gasteiger partial charge in [-0.25, -0.2) is 0 Å². The Morgan fingerprint density at radius 3 is 2.75 bits per heavy atom. The molecule has 1 aromatic rings. The van der Waals surface area contributed by atoms with Crippen molar-refractivity contribution < 1.29 is 9.90 Å². The van der Waals surface area contributed by atoms with Crippen LogP contribution in [-0.4, -0.2) is 40.1 Å². The van der Waals surface area contributed by atoms with E-state index in [1.807, 2.05) is 32.0 Å². The van der Waals surface area contributed by atoms with Crippen LogP contribution < -0.4 is 0 Å². The lowest BCUT2D eigenvalue weighted by Crippen LogP contribution is -2.40. The fourth-order valence-electron chi connectivity index (χ4n) is 1.54. The normalized spacial score (nSPS) is 10.5. The number of carbonyl (C=O) groups excluding carboxylic acids is 1. The summed E-state index contributed by atoms with van der Waals surface area (Å²) in [6.07, 6.45) is 1.97. The lowest BCUT2D eigenvalue weighted by molar-refractivity contribution is -0.132. The molecule has 88 valence electrons. The number of hydrogen-bond donors (Lipinski definition) is 1. The first kappa shape index (κ1) is 12.6. The van der Waals surface area contributed by atoms with Gasteiger partial charge in [-0.2, -0.15) is 0 Å². The number of carbonyl (C=O) groups is 1. The molecule has 0 saturated carbocycles. The molecule has 1 aromatic heterocycles. The number of nitrogens with zero attached hydrogens (tertiary/aromatic N) is 2. The number of pyridine rings is 1. The molecule has 1 N–H and O–H groups in total. The zero-order valence-electron chi connectivity index (χ0n) is 9.76. The highest BCUT2D eigenvalue weighted by Crippen LogP contribution is 2.03. The van der Waals surface area contributed by atoms with E-state index in [4.69, 9.17) is 5.11 Å². The summed E-state index contributed by atoms with van der Waals surface area (Å²) >= 11 is 0.